The number of piperazine rings is 1. The van der Waals surface area contributed by atoms with Gasteiger partial charge in [-0.05, 0) is 48.5 Å². The molecular weight excluding hydrogens is 423 g/mol. The Morgan fingerprint density at radius 3 is 2.07 bits per heavy atom. The highest BCUT2D eigenvalue weighted by Gasteiger charge is 2.19. The third kappa shape index (κ3) is 7.22. The van der Waals surface area contributed by atoms with E-state index >= 15 is 0 Å². The summed E-state index contributed by atoms with van der Waals surface area (Å²) in [5, 5.41) is 10.9. The van der Waals surface area contributed by atoms with Crippen molar-refractivity contribution in [1.82, 2.24) is 4.90 Å². The van der Waals surface area contributed by atoms with Gasteiger partial charge in [0.15, 0.2) is 0 Å². The van der Waals surface area contributed by atoms with Crippen molar-refractivity contribution in [3.8, 4) is 11.5 Å². The minimum absolute atomic E-state index is 0. The van der Waals surface area contributed by atoms with Gasteiger partial charge in [0.2, 0.25) is 0 Å². The van der Waals surface area contributed by atoms with E-state index in [1.165, 1.54) is 5.69 Å². The van der Waals surface area contributed by atoms with Crippen LogP contribution in [0.3, 0.4) is 0 Å². The molecule has 5 nitrogen and oxygen atoms in total. The molecule has 1 aliphatic heterocycles. The molecule has 1 N–H and O–H groups in total. The predicted octanol–water partition coefficient (Wildman–Crippen LogP) is 3.75. The van der Waals surface area contributed by atoms with Crippen molar-refractivity contribution in [3.05, 3.63) is 53.6 Å². The van der Waals surface area contributed by atoms with Crippen LogP contribution >= 0.6 is 36.4 Å². The Balaban J connectivity index is 0.00000196. The molecule has 0 spiro atoms. The third-order valence-electron chi connectivity index (χ3n) is 4.53. The second-order valence-electron chi connectivity index (χ2n) is 6.40. The van der Waals surface area contributed by atoms with Gasteiger partial charge in [0, 0.05) is 43.4 Å². The van der Waals surface area contributed by atoms with Crippen molar-refractivity contribution in [2.45, 2.75) is 6.10 Å². The minimum Gasteiger partial charge on any atom is -0.497 e. The van der Waals surface area contributed by atoms with Crippen molar-refractivity contribution in [1.29, 1.82) is 0 Å². The van der Waals surface area contributed by atoms with Gasteiger partial charge in [-0.1, -0.05) is 11.6 Å². The molecule has 28 heavy (non-hydrogen) atoms. The molecular formula is C20H27Cl3N2O3. The lowest BCUT2D eigenvalue weighted by Crippen LogP contribution is -2.49. The number of aliphatic hydroxyl groups is 1. The van der Waals surface area contributed by atoms with Crippen molar-refractivity contribution in [2.75, 3.05) is 51.3 Å². The van der Waals surface area contributed by atoms with Gasteiger partial charge >= 0.3 is 0 Å². The summed E-state index contributed by atoms with van der Waals surface area (Å²) in [5.74, 6) is 1.59. The highest BCUT2D eigenvalue weighted by Crippen LogP contribution is 2.20. The van der Waals surface area contributed by atoms with Gasteiger partial charge in [0.1, 0.15) is 24.2 Å². The van der Waals surface area contributed by atoms with Gasteiger partial charge in [-0.25, -0.2) is 0 Å². The van der Waals surface area contributed by atoms with Gasteiger partial charge in [0.25, 0.3) is 0 Å². The quantitative estimate of drug-likeness (QED) is 0.697. The Hall–Kier alpha value is -1.37. The molecule has 1 fully saturated rings. The third-order valence-corrected chi connectivity index (χ3v) is 4.79. The van der Waals surface area contributed by atoms with E-state index in [9.17, 15) is 5.11 Å². The molecule has 1 atom stereocenters. The standard InChI is InChI=1S/C20H25ClN2O3.2ClH/c1-25-19-8-4-17(5-9-19)23-12-10-22(11-13-23)14-18(24)15-26-20-6-2-16(21)3-7-20;;/h2-9,18,24H,10-15H2,1H3;2*1H. The maximum Gasteiger partial charge on any atom is 0.119 e. The molecule has 0 saturated carbocycles. The summed E-state index contributed by atoms with van der Waals surface area (Å²) in [7, 11) is 1.68. The average Bonchev–Trinajstić information content (AvgIpc) is 2.68. The number of hydrogen-bond donors (Lipinski definition) is 1. The fourth-order valence-electron chi connectivity index (χ4n) is 3.06. The predicted molar refractivity (Wildman–Crippen MR) is 119 cm³/mol. The molecule has 0 bridgehead atoms. The van der Waals surface area contributed by atoms with E-state index in [-0.39, 0.29) is 31.4 Å². The summed E-state index contributed by atoms with van der Waals surface area (Å²) in [6.45, 7) is 4.62. The summed E-state index contributed by atoms with van der Waals surface area (Å²) in [6, 6.07) is 15.3. The molecule has 8 heteroatoms. The fourth-order valence-corrected chi connectivity index (χ4v) is 3.18. The molecule has 1 saturated heterocycles. The van der Waals surface area contributed by atoms with Gasteiger partial charge in [-0.3, -0.25) is 4.90 Å². The lowest BCUT2D eigenvalue weighted by molar-refractivity contribution is 0.0663. The zero-order chi connectivity index (χ0) is 18.4. The van der Waals surface area contributed by atoms with Gasteiger partial charge in [-0.15, -0.1) is 24.8 Å². The van der Waals surface area contributed by atoms with E-state index in [1.807, 2.05) is 24.3 Å². The first-order valence-electron chi connectivity index (χ1n) is 8.82. The van der Waals surface area contributed by atoms with Crippen LogP contribution in [-0.4, -0.2) is 62.6 Å². The topological polar surface area (TPSA) is 45.2 Å². The largest absolute Gasteiger partial charge is 0.497 e. The van der Waals surface area contributed by atoms with Crippen molar-refractivity contribution in [2.24, 2.45) is 0 Å². The summed E-state index contributed by atoms with van der Waals surface area (Å²) in [4.78, 5) is 4.63. The highest BCUT2D eigenvalue weighted by molar-refractivity contribution is 6.30. The van der Waals surface area contributed by atoms with Gasteiger partial charge < -0.3 is 19.5 Å². The number of aliphatic hydroxyl groups excluding tert-OH is 1. The molecule has 156 valence electrons. The van der Waals surface area contributed by atoms with Crippen molar-refractivity contribution >= 4 is 42.1 Å². The van der Waals surface area contributed by atoms with E-state index in [1.54, 1.807) is 19.2 Å². The number of halogens is 3. The van der Waals surface area contributed by atoms with E-state index in [0.29, 0.717) is 11.6 Å². The van der Waals surface area contributed by atoms with Crippen molar-refractivity contribution in [3.63, 3.8) is 0 Å². The second-order valence-corrected chi connectivity index (χ2v) is 6.84. The van der Waals surface area contributed by atoms with E-state index in [0.717, 1.165) is 37.7 Å². The number of benzene rings is 2. The van der Waals surface area contributed by atoms with Crippen LogP contribution in [0.2, 0.25) is 5.02 Å². The number of β-amino-alcohol motifs (C(OH)–C–C–N with tert-alkyl or cyclic N) is 1. The number of ether oxygens (including phenoxy) is 2. The summed E-state index contributed by atoms with van der Waals surface area (Å²) >= 11 is 5.85. The molecule has 1 unspecified atom stereocenters. The van der Waals surface area contributed by atoms with Crippen LogP contribution in [0.25, 0.3) is 0 Å². The SMILES string of the molecule is COc1ccc(N2CCN(CC(O)COc3ccc(Cl)cc3)CC2)cc1.Cl.Cl. The maximum atomic E-state index is 10.2. The summed E-state index contributed by atoms with van der Waals surface area (Å²) in [5.41, 5.74) is 1.21. The Bertz CT molecular complexity index is 678. The van der Waals surface area contributed by atoms with Crippen molar-refractivity contribution < 1.29 is 14.6 Å². The molecule has 3 rings (SSSR count). The van der Waals surface area contributed by atoms with Crippen LogP contribution < -0.4 is 14.4 Å². The average molecular weight is 450 g/mol. The normalized spacial score (nSPS) is 15.2. The Morgan fingerprint density at radius 2 is 1.50 bits per heavy atom. The fraction of sp³-hybridized carbons (Fsp3) is 0.400. The lowest BCUT2D eigenvalue weighted by Gasteiger charge is -2.36. The van der Waals surface area contributed by atoms with Crippen LogP contribution in [0.5, 0.6) is 11.5 Å². The van der Waals surface area contributed by atoms with Crippen LogP contribution in [0.15, 0.2) is 48.5 Å². The first kappa shape index (κ1) is 24.7. The van der Waals surface area contributed by atoms with Crippen LogP contribution in [0.4, 0.5) is 5.69 Å². The Kier molecular flexibility index (Phi) is 10.8. The number of rotatable bonds is 7. The second kappa shape index (κ2) is 12.2. The van der Waals surface area contributed by atoms with Gasteiger partial charge in [-0.2, -0.15) is 0 Å². The molecule has 0 aromatic heterocycles. The van der Waals surface area contributed by atoms with E-state index < -0.39 is 6.10 Å². The van der Waals surface area contributed by atoms with Crippen LogP contribution in [0.1, 0.15) is 0 Å². The number of anilines is 1. The highest BCUT2D eigenvalue weighted by atomic mass is 35.5. The monoisotopic (exact) mass is 448 g/mol. The zero-order valence-electron chi connectivity index (χ0n) is 15.8. The minimum atomic E-state index is -0.516. The number of methoxy groups -OCH3 is 1. The smallest absolute Gasteiger partial charge is 0.119 e. The van der Waals surface area contributed by atoms with E-state index in [2.05, 4.69) is 21.9 Å². The molecule has 2 aromatic carbocycles. The van der Waals surface area contributed by atoms with Crippen LogP contribution in [0, 0.1) is 0 Å². The van der Waals surface area contributed by atoms with Crippen LogP contribution in [-0.2, 0) is 0 Å². The molecule has 1 aliphatic rings. The van der Waals surface area contributed by atoms with Gasteiger partial charge in [0.05, 0.1) is 7.11 Å². The summed E-state index contributed by atoms with van der Waals surface area (Å²) < 4.78 is 10.8. The summed E-state index contributed by atoms with van der Waals surface area (Å²) in [6.07, 6.45) is -0.516. The lowest BCUT2D eigenvalue weighted by atomic mass is 10.2. The maximum absolute atomic E-state index is 10.2. The Labute approximate surface area is 184 Å². The Morgan fingerprint density at radius 1 is 0.929 bits per heavy atom. The number of nitrogens with zero attached hydrogens (tertiary/aromatic N) is 2. The number of hydrogen-bond acceptors (Lipinski definition) is 5. The van der Waals surface area contributed by atoms with E-state index in [4.69, 9.17) is 21.1 Å². The molecule has 0 radical (unpaired) electrons. The molecule has 0 amide bonds. The molecule has 2 aromatic rings. The molecule has 1 heterocycles. The first-order chi connectivity index (χ1) is 12.6. The first-order valence-corrected chi connectivity index (χ1v) is 9.19. The zero-order valence-corrected chi connectivity index (χ0v) is 18.2. The molecule has 0 aliphatic carbocycles.